The Kier molecular flexibility index (Phi) is 10.6. The lowest BCUT2D eigenvalue weighted by atomic mass is 10.0. The van der Waals surface area contributed by atoms with Crippen molar-refractivity contribution in [3.8, 4) is 11.5 Å². The van der Waals surface area contributed by atoms with Gasteiger partial charge in [0.15, 0.2) is 0 Å². The first kappa shape index (κ1) is 18.9. The minimum atomic E-state index is 0.919. The predicted molar refractivity (Wildman–Crippen MR) is 95.1 cm³/mol. The molecule has 0 saturated heterocycles. The highest BCUT2D eigenvalue weighted by Gasteiger charge is 2.04. The van der Waals surface area contributed by atoms with Crippen LogP contribution in [0, 0.1) is 0 Å². The van der Waals surface area contributed by atoms with Gasteiger partial charge in [0.05, 0.1) is 14.2 Å². The van der Waals surface area contributed by atoms with Crippen LogP contribution in [0.5, 0.6) is 11.5 Å². The van der Waals surface area contributed by atoms with Gasteiger partial charge in [0.25, 0.3) is 0 Å². The largest absolute Gasteiger partial charge is 0.497 e. The molecule has 0 bridgehead atoms. The van der Waals surface area contributed by atoms with Gasteiger partial charge in [0.2, 0.25) is 0 Å². The normalized spacial score (nSPS) is 10.7. The molecule has 0 aliphatic heterocycles. The van der Waals surface area contributed by atoms with Crippen LogP contribution in [0.3, 0.4) is 0 Å². The van der Waals surface area contributed by atoms with Gasteiger partial charge >= 0.3 is 0 Å². The monoisotopic (exact) mass is 306 g/mol. The van der Waals surface area contributed by atoms with E-state index in [0.29, 0.717) is 0 Å². The van der Waals surface area contributed by atoms with Crippen molar-refractivity contribution in [1.29, 1.82) is 0 Å². The van der Waals surface area contributed by atoms with Crippen LogP contribution < -0.4 is 9.47 Å². The lowest BCUT2D eigenvalue weighted by Gasteiger charge is -2.10. The fourth-order valence-corrected chi connectivity index (χ4v) is 2.88. The summed E-state index contributed by atoms with van der Waals surface area (Å²) in [5, 5.41) is 0. The Morgan fingerprint density at radius 2 is 1.32 bits per heavy atom. The summed E-state index contributed by atoms with van der Waals surface area (Å²) in [6, 6.07) is 6.07. The fraction of sp³-hybridized carbons (Fsp3) is 0.700. The summed E-state index contributed by atoms with van der Waals surface area (Å²) in [5.41, 5.74) is 1.27. The number of hydrogen-bond donors (Lipinski definition) is 0. The number of methoxy groups -OCH3 is 2. The average Bonchev–Trinajstić information content (AvgIpc) is 2.56. The third-order valence-corrected chi connectivity index (χ3v) is 4.29. The first-order valence-corrected chi connectivity index (χ1v) is 9.02. The SMILES string of the molecule is CCCCCCCCCCCCc1cc(OC)ccc1OC. The van der Waals surface area contributed by atoms with Crippen molar-refractivity contribution in [2.75, 3.05) is 14.2 Å². The molecule has 0 aromatic heterocycles. The molecule has 0 spiro atoms. The van der Waals surface area contributed by atoms with Crippen molar-refractivity contribution >= 4 is 0 Å². The third-order valence-electron chi connectivity index (χ3n) is 4.29. The number of ether oxygens (including phenoxy) is 2. The number of aryl methyl sites for hydroxylation is 1. The van der Waals surface area contributed by atoms with Gasteiger partial charge < -0.3 is 9.47 Å². The van der Waals surface area contributed by atoms with Crippen molar-refractivity contribution in [1.82, 2.24) is 0 Å². The number of hydrogen-bond acceptors (Lipinski definition) is 2. The first-order chi connectivity index (χ1) is 10.8. The van der Waals surface area contributed by atoms with Crippen molar-refractivity contribution in [2.45, 2.75) is 77.6 Å². The van der Waals surface area contributed by atoms with Gasteiger partial charge in [-0.05, 0) is 36.6 Å². The van der Waals surface area contributed by atoms with E-state index >= 15 is 0 Å². The standard InChI is InChI=1S/C20H34O2/c1-4-5-6-7-8-9-10-11-12-13-14-18-17-19(21-2)15-16-20(18)22-3/h15-17H,4-14H2,1-3H3. The van der Waals surface area contributed by atoms with E-state index in [0.717, 1.165) is 17.9 Å². The lowest BCUT2D eigenvalue weighted by molar-refractivity contribution is 0.398. The van der Waals surface area contributed by atoms with Crippen LogP contribution >= 0.6 is 0 Å². The zero-order valence-electron chi connectivity index (χ0n) is 14.8. The van der Waals surface area contributed by atoms with E-state index < -0.39 is 0 Å². The van der Waals surface area contributed by atoms with Crippen molar-refractivity contribution in [2.24, 2.45) is 0 Å². The van der Waals surface area contributed by atoms with E-state index in [9.17, 15) is 0 Å². The zero-order valence-corrected chi connectivity index (χ0v) is 14.8. The molecule has 1 aromatic rings. The summed E-state index contributed by atoms with van der Waals surface area (Å²) in [6.45, 7) is 2.28. The molecule has 126 valence electrons. The highest BCUT2D eigenvalue weighted by atomic mass is 16.5. The van der Waals surface area contributed by atoms with Crippen LogP contribution in [0.2, 0.25) is 0 Å². The Labute approximate surface area is 137 Å². The molecule has 0 unspecified atom stereocenters. The molecule has 0 atom stereocenters. The van der Waals surface area contributed by atoms with Gasteiger partial charge in [-0.15, -0.1) is 0 Å². The van der Waals surface area contributed by atoms with Crippen LogP contribution in [0.25, 0.3) is 0 Å². The molecule has 0 aliphatic carbocycles. The minimum absolute atomic E-state index is 0.919. The molecular weight excluding hydrogens is 272 g/mol. The summed E-state index contributed by atoms with van der Waals surface area (Å²) >= 11 is 0. The number of benzene rings is 1. The van der Waals surface area contributed by atoms with E-state index in [1.54, 1.807) is 14.2 Å². The fourth-order valence-electron chi connectivity index (χ4n) is 2.88. The molecule has 0 aliphatic rings. The molecule has 1 rings (SSSR count). The Hall–Kier alpha value is -1.18. The topological polar surface area (TPSA) is 18.5 Å². The van der Waals surface area contributed by atoms with Crippen LogP contribution in [0.4, 0.5) is 0 Å². The maximum atomic E-state index is 5.43. The molecule has 0 heterocycles. The van der Waals surface area contributed by atoms with Gasteiger partial charge in [-0.25, -0.2) is 0 Å². The Bertz CT molecular complexity index is 387. The highest BCUT2D eigenvalue weighted by molar-refractivity contribution is 5.40. The summed E-state index contributed by atoms with van der Waals surface area (Å²) in [7, 11) is 3.45. The van der Waals surface area contributed by atoms with Gasteiger partial charge in [-0.3, -0.25) is 0 Å². The lowest BCUT2D eigenvalue weighted by Crippen LogP contribution is -1.94. The first-order valence-electron chi connectivity index (χ1n) is 9.02. The van der Waals surface area contributed by atoms with Crippen molar-refractivity contribution < 1.29 is 9.47 Å². The van der Waals surface area contributed by atoms with Gasteiger partial charge in [-0.2, -0.15) is 0 Å². The number of unbranched alkanes of at least 4 members (excludes halogenated alkanes) is 9. The van der Waals surface area contributed by atoms with Crippen LogP contribution in [-0.2, 0) is 6.42 Å². The molecule has 0 radical (unpaired) electrons. The smallest absolute Gasteiger partial charge is 0.122 e. The Balaban J connectivity index is 2.11. The zero-order chi connectivity index (χ0) is 16.0. The molecule has 0 amide bonds. The molecular formula is C20H34O2. The van der Waals surface area contributed by atoms with Crippen LogP contribution in [0.15, 0.2) is 18.2 Å². The minimum Gasteiger partial charge on any atom is -0.497 e. The quantitative estimate of drug-likeness (QED) is 0.406. The second-order valence-corrected chi connectivity index (χ2v) is 6.11. The summed E-state index contributed by atoms with van der Waals surface area (Å²) < 4.78 is 10.7. The second-order valence-electron chi connectivity index (χ2n) is 6.11. The van der Waals surface area contributed by atoms with E-state index in [4.69, 9.17) is 9.47 Å². The molecule has 22 heavy (non-hydrogen) atoms. The number of rotatable bonds is 13. The molecule has 0 N–H and O–H groups in total. The molecule has 2 heteroatoms. The molecule has 1 aromatic carbocycles. The van der Waals surface area contributed by atoms with Crippen LogP contribution in [0.1, 0.15) is 76.7 Å². The van der Waals surface area contributed by atoms with Crippen molar-refractivity contribution in [3.63, 3.8) is 0 Å². The van der Waals surface area contributed by atoms with Gasteiger partial charge in [0, 0.05) is 0 Å². The maximum absolute atomic E-state index is 5.43. The third kappa shape index (κ3) is 7.72. The summed E-state index contributed by atoms with van der Waals surface area (Å²) in [6.07, 6.45) is 14.8. The van der Waals surface area contributed by atoms with Crippen LogP contribution in [-0.4, -0.2) is 14.2 Å². The highest BCUT2D eigenvalue weighted by Crippen LogP contribution is 2.25. The molecule has 2 nitrogen and oxygen atoms in total. The predicted octanol–water partition coefficient (Wildman–Crippen LogP) is 6.17. The Morgan fingerprint density at radius 1 is 0.727 bits per heavy atom. The maximum Gasteiger partial charge on any atom is 0.122 e. The summed E-state index contributed by atoms with van der Waals surface area (Å²) in [5.74, 6) is 1.90. The molecule has 0 saturated carbocycles. The van der Waals surface area contributed by atoms with Gasteiger partial charge in [0.1, 0.15) is 11.5 Å². The van der Waals surface area contributed by atoms with E-state index in [1.165, 1.54) is 69.8 Å². The van der Waals surface area contributed by atoms with E-state index in [1.807, 2.05) is 12.1 Å². The average molecular weight is 306 g/mol. The van der Waals surface area contributed by atoms with E-state index in [-0.39, 0.29) is 0 Å². The van der Waals surface area contributed by atoms with Crippen molar-refractivity contribution in [3.05, 3.63) is 23.8 Å². The second kappa shape index (κ2) is 12.4. The van der Waals surface area contributed by atoms with E-state index in [2.05, 4.69) is 13.0 Å². The molecule has 0 fully saturated rings. The summed E-state index contributed by atoms with van der Waals surface area (Å²) in [4.78, 5) is 0. The Morgan fingerprint density at radius 3 is 1.86 bits per heavy atom. The van der Waals surface area contributed by atoms with Gasteiger partial charge in [-0.1, -0.05) is 64.7 Å².